The van der Waals surface area contributed by atoms with Crippen LogP contribution >= 0.6 is 11.6 Å². The molecule has 0 saturated heterocycles. The summed E-state index contributed by atoms with van der Waals surface area (Å²) in [7, 11) is 1.59. The van der Waals surface area contributed by atoms with Gasteiger partial charge in [-0.1, -0.05) is 28.8 Å². The molecule has 8 nitrogen and oxygen atoms in total. The minimum absolute atomic E-state index is 0.156. The number of ether oxygens (including phenoxy) is 2. The molecule has 0 amide bonds. The SMILES string of the molecule is COc1ccc([C@@H](Nc2nnc(-c3ccc(Cl)cc3)o2)[C@@H]2N=C(C)OC2=O)cc1. The van der Waals surface area contributed by atoms with Gasteiger partial charge in [-0.15, -0.1) is 5.10 Å². The van der Waals surface area contributed by atoms with Gasteiger partial charge in [-0.05, 0) is 42.0 Å². The normalized spacial score (nSPS) is 16.9. The Kier molecular flexibility index (Phi) is 5.18. The fourth-order valence-electron chi connectivity index (χ4n) is 2.97. The van der Waals surface area contributed by atoms with Crippen LogP contribution in [0.15, 0.2) is 57.9 Å². The minimum atomic E-state index is -0.783. The van der Waals surface area contributed by atoms with E-state index in [4.69, 9.17) is 25.5 Å². The zero-order chi connectivity index (χ0) is 20.4. The monoisotopic (exact) mass is 412 g/mol. The third-order valence-electron chi connectivity index (χ3n) is 4.40. The summed E-state index contributed by atoms with van der Waals surface area (Å²) in [6.07, 6.45) is 0. The Morgan fingerprint density at radius 2 is 1.83 bits per heavy atom. The van der Waals surface area contributed by atoms with E-state index in [9.17, 15) is 4.79 Å². The smallest absolute Gasteiger partial charge is 0.339 e. The van der Waals surface area contributed by atoms with Crippen LogP contribution in [0.5, 0.6) is 5.75 Å². The standard InChI is InChI=1S/C20H17ClN4O4/c1-11-22-17(19(26)28-11)16(12-5-9-15(27-2)10-6-12)23-20-25-24-18(29-20)13-3-7-14(21)8-4-13/h3-10,16-17H,1-2H3,(H,23,25)/t16-,17+/m1/s1. The van der Waals surface area contributed by atoms with Crippen molar-refractivity contribution in [1.29, 1.82) is 0 Å². The van der Waals surface area contributed by atoms with Crippen molar-refractivity contribution in [2.24, 2.45) is 4.99 Å². The second-order valence-electron chi connectivity index (χ2n) is 6.33. The number of methoxy groups -OCH3 is 1. The quantitative estimate of drug-likeness (QED) is 0.613. The van der Waals surface area contributed by atoms with Gasteiger partial charge in [0.05, 0.1) is 13.2 Å². The molecule has 0 fully saturated rings. The molecule has 148 valence electrons. The zero-order valence-corrected chi connectivity index (χ0v) is 16.4. The first-order valence-electron chi connectivity index (χ1n) is 8.79. The highest BCUT2D eigenvalue weighted by molar-refractivity contribution is 6.30. The van der Waals surface area contributed by atoms with Gasteiger partial charge < -0.3 is 19.2 Å². The largest absolute Gasteiger partial charge is 0.497 e. The van der Waals surface area contributed by atoms with E-state index in [0.717, 1.165) is 11.1 Å². The highest BCUT2D eigenvalue weighted by atomic mass is 35.5. The number of carbonyl (C=O) groups is 1. The molecule has 1 aliphatic heterocycles. The predicted molar refractivity (Wildman–Crippen MR) is 107 cm³/mol. The first kappa shape index (κ1) is 18.9. The van der Waals surface area contributed by atoms with Crippen molar-refractivity contribution >= 4 is 29.5 Å². The van der Waals surface area contributed by atoms with Gasteiger partial charge in [0.2, 0.25) is 5.89 Å². The van der Waals surface area contributed by atoms with Gasteiger partial charge in [0.1, 0.15) is 5.75 Å². The number of benzene rings is 2. The summed E-state index contributed by atoms with van der Waals surface area (Å²) in [6, 6.07) is 13.1. The molecule has 3 aromatic rings. The maximum atomic E-state index is 12.3. The predicted octanol–water partition coefficient (Wildman–Crippen LogP) is 3.90. The molecule has 2 aromatic carbocycles. The second-order valence-corrected chi connectivity index (χ2v) is 6.76. The average molecular weight is 413 g/mol. The number of hydrogen-bond acceptors (Lipinski definition) is 8. The molecule has 0 bridgehead atoms. The van der Waals surface area contributed by atoms with Crippen LogP contribution in [0.1, 0.15) is 18.5 Å². The molecule has 0 unspecified atom stereocenters. The van der Waals surface area contributed by atoms with Crippen LogP contribution in [0.25, 0.3) is 11.5 Å². The maximum Gasteiger partial charge on any atom is 0.339 e. The summed E-state index contributed by atoms with van der Waals surface area (Å²) in [5, 5.41) is 11.8. The van der Waals surface area contributed by atoms with Crippen molar-refractivity contribution in [3.8, 4) is 17.2 Å². The summed E-state index contributed by atoms with van der Waals surface area (Å²) >= 11 is 5.92. The third kappa shape index (κ3) is 4.07. The Morgan fingerprint density at radius 1 is 1.10 bits per heavy atom. The average Bonchev–Trinajstić information content (AvgIpc) is 3.32. The van der Waals surface area contributed by atoms with Crippen molar-refractivity contribution in [2.45, 2.75) is 19.0 Å². The number of halogens is 1. The lowest BCUT2D eigenvalue weighted by molar-refractivity contribution is -0.135. The molecule has 2 heterocycles. The number of carbonyl (C=O) groups excluding carboxylic acids is 1. The minimum Gasteiger partial charge on any atom is -0.497 e. The number of cyclic esters (lactones) is 1. The van der Waals surface area contributed by atoms with Crippen LogP contribution in [0.2, 0.25) is 5.02 Å². The Balaban J connectivity index is 1.63. The second kappa shape index (κ2) is 7.92. The van der Waals surface area contributed by atoms with Crippen LogP contribution in [0, 0.1) is 0 Å². The fraction of sp³-hybridized carbons (Fsp3) is 0.200. The van der Waals surface area contributed by atoms with Gasteiger partial charge in [-0.2, -0.15) is 0 Å². The lowest BCUT2D eigenvalue weighted by Gasteiger charge is -2.20. The number of esters is 1. The van der Waals surface area contributed by atoms with Gasteiger partial charge in [-0.25, -0.2) is 9.79 Å². The van der Waals surface area contributed by atoms with Crippen molar-refractivity contribution in [3.05, 3.63) is 59.1 Å². The number of rotatable bonds is 6. The van der Waals surface area contributed by atoms with Crippen LogP contribution in [0.4, 0.5) is 6.01 Å². The molecule has 0 aliphatic carbocycles. The van der Waals surface area contributed by atoms with Crippen LogP contribution < -0.4 is 10.1 Å². The highest BCUT2D eigenvalue weighted by Gasteiger charge is 2.36. The van der Waals surface area contributed by atoms with E-state index in [1.807, 2.05) is 12.1 Å². The fourth-order valence-corrected chi connectivity index (χ4v) is 3.10. The van der Waals surface area contributed by atoms with E-state index in [1.165, 1.54) is 0 Å². The molecule has 9 heteroatoms. The molecular weight excluding hydrogens is 396 g/mol. The summed E-state index contributed by atoms with van der Waals surface area (Å²) in [4.78, 5) is 16.6. The molecule has 0 spiro atoms. The van der Waals surface area contributed by atoms with E-state index in [0.29, 0.717) is 22.6 Å². The van der Waals surface area contributed by atoms with Gasteiger partial charge in [0, 0.05) is 17.5 Å². The van der Waals surface area contributed by atoms with Gasteiger partial charge in [-0.3, -0.25) is 0 Å². The summed E-state index contributed by atoms with van der Waals surface area (Å²) < 4.78 is 16.0. The van der Waals surface area contributed by atoms with Crippen molar-refractivity contribution in [2.75, 3.05) is 12.4 Å². The Hall–Kier alpha value is -3.39. The van der Waals surface area contributed by atoms with Crippen LogP contribution in [-0.2, 0) is 9.53 Å². The number of nitrogens with zero attached hydrogens (tertiary/aromatic N) is 3. The molecule has 1 N–H and O–H groups in total. The molecule has 1 aliphatic rings. The molecule has 0 radical (unpaired) electrons. The van der Waals surface area contributed by atoms with Crippen molar-refractivity contribution < 1.29 is 18.7 Å². The van der Waals surface area contributed by atoms with E-state index in [1.54, 1.807) is 50.4 Å². The zero-order valence-electron chi connectivity index (χ0n) is 15.6. The van der Waals surface area contributed by atoms with Gasteiger partial charge >= 0.3 is 12.0 Å². The molecule has 1 aromatic heterocycles. The summed E-state index contributed by atoms with van der Waals surface area (Å²) in [5.74, 6) is 0.885. The molecule has 4 rings (SSSR count). The lowest BCUT2D eigenvalue weighted by atomic mass is 10.00. The lowest BCUT2D eigenvalue weighted by Crippen LogP contribution is -2.29. The van der Waals surface area contributed by atoms with E-state index in [-0.39, 0.29) is 6.01 Å². The Morgan fingerprint density at radius 3 is 2.45 bits per heavy atom. The molecule has 2 atom stereocenters. The van der Waals surface area contributed by atoms with E-state index >= 15 is 0 Å². The van der Waals surface area contributed by atoms with Crippen LogP contribution in [0.3, 0.4) is 0 Å². The van der Waals surface area contributed by atoms with Gasteiger partial charge in [0.25, 0.3) is 0 Å². The van der Waals surface area contributed by atoms with Crippen molar-refractivity contribution in [1.82, 2.24) is 10.2 Å². The maximum absolute atomic E-state index is 12.3. The first-order valence-corrected chi connectivity index (χ1v) is 9.17. The van der Waals surface area contributed by atoms with E-state index in [2.05, 4.69) is 20.5 Å². The molecule has 29 heavy (non-hydrogen) atoms. The number of anilines is 1. The summed E-state index contributed by atoms with van der Waals surface area (Å²) in [5.41, 5.74) is 1.52. The first-order chi connectivity index (χ1) is 14.0. The van der Waals surface area contributed by atoms with Crippen molar-refractivity contribution in [3.63, 3.8) is 0 Å². The number of nitrogens with one attached hydrogen (secondary N) is 1. The number of aromatic nitrogens is 2. The molecule has 0 saturated carbocycles. The van der Waals surface area contributed by atoms with Crippen LogP contribution in [-0.4, -0.2) is 35.2 Å². The van der Waals surface area contributed by atoms with Gasteiger partial charge in [0.15, 0.2) is 11.9 Å². The summed E-state index contributed by atoms with van der Waals surface area (Å²) in [6.45, 7) is 1.63. The topological polar surface area (TPSA) is 98.8 Å². The number of hydrogen-bond donors (Lipinski definition) is 1. The molecular formula is C20H17ClN4O4. The highest BCUT2D eigenvalue weighted by Crippen LogP contribution is 2.30. The Labute approximate surface area is 171 Å². The Bertz CT molecular complexity index is 1050. The van der Waals surface area contributed by atoms with E-state index < -0.39 is 18.1 Å². The third-order valence-corrected chi connectivity index (χ3v) is 4.65. The number of aliphatic imine (C=N–C) groups is 1.